The molecule has 0 bridgehead atoms. The maximum Gasteiger partial charge on any atom is 0.230 e. The molecule has 1 aromatic rings. The van der Waals surface area contributed by atoms with Crippen molar-refractivity contribution < 1.29 is 9.53 Å². The maximum atomic E-state index is 12.6. The summed E-state index contributed by atoms with van der Waals surface area (Å²) >= 11 is 0. The lowest BCUT2D eigenvalue weighted by molar-refractivity contribution is -0.124. The number of hydrogen-bond acceptors (Lipinski definition) is 3. The summed E-state index contributed by atoms with van der Waals surface area (Å²) in [4.78, 5) is 14.8. The monoisotopic (exact) mass is 288 g/mol. The molecule has 0 unspecified atom stereocenters. The van der Waals surface area contributed by atoms with Crippen LogP contribution in [0.15, 0.2) is 24.3 Å². The topological polar surface area (TPSA) is 41.6 Å². The predicted octanol–water partition coefficient (Wildman–Crippen LogP) is 1.47. The highest BCUT2D eigenvalue weighted by molar-refractivity contribution is 5.91. The van der Waals surface area contributed by atoms with Crippen LogP contribution in [0.5, 0.6) is 0 Å². The van der Waals surface area contributed by atoms with Gasteiger partial charge in [0, 0.05) is 19.6 Å². The van der Waals surface area contributed by atoms with Crippen molar-refractivity contribution in [1.82, 2.24) is 10.2 Å². The molecule has 1 aromatic carbocycles. The zero-order chi connectivity index (χ0) is 14.9. The maximum absolute atomic E-state index is 12.6. The van der Waals surface area contributed by atoms with Gasteiger partial charge < -0.3 is 15.0 Å². The van der Waals surface area contributed by atoms with Crippen LogP contribution in [-0.2, 0) is 14.9 Å². The Morgan fingerprint density at radius 2 is 2.29 bits per heavy atom. The molecule has 1 aliphatic carbocycles. The predicted molar refractivity (Wildman–Crippen MR) is 82.3 cm³/mol. The van der Waals surface area contributed by atoms with Crippen LogP contribution >= 0.6 is 0 Å². The van der Waals surface area contributed by atoms with Gasteiger partial charge in [0.15, 0.2) is 0 Å². The van der Waals surface area contributed by atoms with E-state index in [0.29, 0.717) is 6.54 Å². The van der Waals surface area contributed by atoms with Crippen LogP contribution in [0.2, 0.25) is 0 Å². The van der Waals surface area contributed by atoms with Gasteiger partial charge in [0.2, 0.25) is 5.91 Å². The van der Waals surface area contributed by atoms with Crippen LogP contribution in [0.1, 0.15) is 24.0 Å². The molecule has 0 radical (unpaired) electrons. The van der Waals surface area contributed by atoms with Crippen molar-refractivity contribution in [2.24, 2.45) is 0 Å². The van der Waals surface area contributed by atoms with Gasteiger partial charge in [-0.05, 0) is 32.4 Å². The third kappa shape index (κ3) is 3.11. The van der Waals surface area contributed by atoms with Crippen molar-refractivity contribution >= 4 is 5.91 Å². The van der Waals surface area contributed by atoms with E-state index in [1.807, 2.05) is 6.07 Å². The van der Waals surface area contributed by atoms with Gasteiger partial charge in [-0.15, -0.1) is 0 Å². The third-order valence-corrected chi connectivity index (χ3v) is 4.59. The lowest BCUT2D eigenvalue weighted by Crippen LogP contribution is -2.47. The van der Waals surface area contributed by atoms with Crippen molar-refractivity contribution in [3.05, 3.63) is 35.4 Å². The minimum atomic E-state index is -0.285. The number of hydrogen-bond donors (Lipinski definition) is 1. The molecule has 1 N–H and O–H groups in total. The number of carbonyl (C=O) groups excluding carboxylic acids is 1. The van der Waals surface area contributed by atoms with E-state index in [0.717, 1.165) is 38.1 Å². The average molecular weight is 288 g/mol. The molecule has 1 heterocycles. The van der Waals surface area contributed by atoms with Gasteiger partial charge in [-0.25, -0.2) is 0 Å². The number of morpholine rings is 1. The first kappa shape index (κ1) is 14.5. The summed E-state index contributed by atoms with van der Waals surface area (Å²) in [5.74, 6) is 0.157. The molecule has 1 saturated carbocycles. The van der Waals surface area contributed by atoms with Crippen LogP contribution in [0, 0.1) is 6.92 Å². The van der Waals surface area contributed by atoms with Crippen LogP contribution in [0.3, 0.4) is 0 Å². The normalized spacial score (nSPS) is 24.6. The largest absolute Gasteiger partial charge is 0.374 e. The second kappa shape index (κ2) is 5.78. The third-order valence-electron chi connectivity index (χ3n) is 4.59. The highest BCUT2D eigenvalue weighted by Gasteiger charge is 2.51. The number of nitrogens with zero attached hydrogens (tertiary/aromatic N) is 1. The van der Waals surface area contributed by atoms with Gasteiger partial charge >= 0.3 is 0 Å². The summed E-state index contributed by atoms with van der Waals surface area (Å²) in [5, 5.41) is 3.10. The van der Waals surface area contributed by atoms with Crippen LogP contribution < -0.4 is 5.32 Å². The molecule has 1 aliphatic heterocycles. The average Bonchev–Trinajstić information content (AvgIpc) is 3.26. The van der Waals surface area contributed by atoms with Crippen molar-refractivity contribution in [2.75, 3.05) is 33.3 Å². The van der Waals surface area contributed by atoms with Crippen LogP contribution in [0.4, 0.5) is 0 Å². The van der Waals surface area contributed by atoms with Crippen molar-refractivity contribution in [3.63, 3.8) is 0 Å². The minimum absolute atomic E-state index is 0.112. The first-order valence-corrected chi connectivity index (χ1v) is 7.76. The number of benzene rings is 1. The molecular formula is C17H24N2O2. The molecule has 1 amide bonds. The number of aryl methyl sites for hydroxylation is 1. The Hall–Kier alpha value is -1.39. The Morgan fingerprint density at radius 1 is 1.48 bits per heavy atom. The van der Waals surface area contributed by atoms with Crippen LogP contribution in [-0.4, -0.2) is 50.2 Å². The Balaban J connectivity index is 1.60. The van der Waals surface area contributed by atoms with Gasteiger partial charge in [0.1, 0.15) is 0 Å². The zero-order valence-electron chi connectivity index (χ0n) is 12.9. The first-order valence-electron chi connectivity index (χ1n) is 7.76. The van der Waals surface area contributed by atoms with Crippen molar-refractivity contribution in [1.29, 1.82) is 0 Å². The minimum Gasteiger partial charge on any atom is -0.374 e. The molecule has 4 nitrogen and oxygen atoms in total. The SMILES string of the molecule is Cc1cccc(C2(C(=O)NC[C@@H]3CN(C)CCO3)CC2)c1. The van der Waals surface area contributed by atoms with E-state index >= 15 is 0 Å². The van der Waals surface area contributed by atoms with Gasteiger partial charge in [0.05, 0.1) is 18.1 Å². The number of ether oxygens (including phenoxy) is 1. The molecule has 2 fully saturated rings. The molecule has 21 heavy (non-hydrogen) atoms. The Morgan fingerprint density at radius 3 is 2.95 bits per heavy atom. The van der Waals surface area contributed by atoms with Crippen LogP contribution in [0.25, 0.3) is 0 Å². The summed E-state index contributed by atoms with van der Waals surface area (Å²) in [6.07, 6.45) is 2.02. The summed E-state index contributed by atoms with van der Waals surface area (Å²) in [6, 6.07) is 8.32. The van der Waals surface area contributed by atoms with Crippen molar-refractivity contribution in [2.45, 2.75) is 31.3 Å². The highest BCUT2D eigenvalue weighted by atomic mass is 16.5. The first-order chi connectivity index (χ1) is 10.1. The van der Waals surface area contributed by atoms with E-state index in [1.54, 1.807) is 0 Å². The molecule has 1 atom stereocenters. The molecule has 114 valence electrons. The molecule has 4 heteroatoms. The Bertz CT molecular complexity index is 525. The standard InChI is InChI=1S/C17H24N2O2/c1-13-4-3-5-14(10-13)17(6-7-17)16(20)18-11-15-12-19(2)8-9-21-15/h3-5,10,15H,6-9,11-12H2,1-2H3,(H,18,20)/t15-/m1/s1. The molecule has 0 aromatic heterocycles. The number of nitrogens with one attached hydrogen (secondary N) is 1. The Labute approximate surface area is 126 Å². The fourth-order valence-electron chi connectivity index (χ4n) is 3.08. The zero-order valence-corrected chi connectivity index (χ0v) is 12.9. The lowest BCUT2D eigenvalue weighted by atomic mass is 9.93. The summed E-state index contributed by atoms with van der Waals surface area (Å²) < 4.78 is 5.70. The lowest BCUT2D eigenvalue weighted by Gasteiger charge is -2.30. The highest BCUT2D eigenvalue weighted by Crippen LogP contribution is 2.48. The number of carbonyl (C=O) groups is 1. The van der Waals surface area contributed by atoms with E-state index < -0.39 is 0 Å². The van der Waals surface area contributed by atoms with Gasteiger partial charge in [-0.2, -0.15) is 0 Å². The van der Waals surface area contributed by atoms with Gasteiger partial charge in [0.25, 0.3) is 0 Å². The number of amides is 1. The second-order valence-corrected chi connectivity index (χ2v) is 6.42. The fourth-order valence-corrected chi connectivity index (χ4v) is 3.08. The quantitative estimate of drug-likeness (QED) is 0.912. The summed E-state index contributed by atoms with van der Waals surface area (Å²) in [5.41, 5.74) is 2.08. The summed E-state index contributed by atoms with van der Waals surface area (Å²) in [7, 11) is 2.09. The fraction of sp³-hybridized carbons (Fsp3) is 0.588. The van der Waals surface area contributed by atoms with Crippen molar-refractivity contribution in [3.8, 4) is 0 Å². The molecule has 1 saturated heterocycles. The van der Waals surface area contributed by atoms with E-state index in [9.17, 15) is 4.79 Å². The van der Waals surface area contributed by atoms with E-state index in [-0.39, 0.29) is 17.4 Å². The molecule has 0 spiro atoms. The Kier molecular flexibility index (Phi) is 4.00. The number of rotatable bonds is 4. The smallest absolute Gasteiger partial charge is 0.230 e. The number of likely N-dealkylation sites (N-methyl/N-ethyl adjacent to an activating group) is 1. The van der Waals surface area contributed by atoms with Gasteiger partial charge in [-0.3, -0.25) is 4.79 Å². The molecule has 3 rings (SSSR count). The second-order valence-electron chi connectivity index (χ2n) is 6.42. The van der Waals surface area contributed by atoms with E-state index in [4.69, 9.17) is 4.74 Å². The van der Waals surface area contributed by atoms with E-state index in [2.05, 4.69) is 42.4 Å². The van der Waals surface area contributed by atoms with Gasteiger partial charge in [-0.1, -0.05) is 29.8 Å². The molecule has 2 aliphatic rings. The molecular weight excluding hydrogens is 264 g/mol. The summed E-state index contributed by atoms with van der Waals surface area (Å²) in [6.45, 7) is 5.29. The van der Waals surface area contributed by atoms with E-state index in [1.165, 1.54) is 5.56 Å².